The topological polar surface area (TPSA) is 73.9 Å². The lowest BCUT2D eigenvalue weighted by molar-refractivity contribution is -0.119. The zero-order valence-corrected chi connectivity index (χ0v) is 10.5. The number of methoxy groups -OCH3 is 2. The van der Waals surface area contributed by atoms with Crippen LogP contribution in [0.15, 0.2) is 23.2 Å². The summed E-state index contributed by atoms with van der Waals surface area (Å²) in [6, 6.07) is 5.20. The van der Waals surface area contributed by atoms with Crippen LogP contribution in [0.4, 0.5) is 0 Å². The van der Waals surface area contributed by atoms with Crippen LogP contribution in [0.2, 0.25) is 0 Å². The number of ether oxygens (including phenoxy) is 2. The van der Waals surface area contributed by atoms with Crippen molar-refractivity contribution in [2.75, 3.05) is 14.2 Å². The van der Waals surface area contributed by atoms with Crippen molar-refractivity contribution in [1.29, 1.82) is 0 Å². The molecule has 1 aromatic carbocycles. The molecule has 2 rings (SSSR count). The Kier molecular flexibility index (Phi) is 3.50. The first-order valence-electron chi connectivity index (χ1n) is 5.74. The summed E-state index contributed by atoms with van der Waals surface area (Å²) in [6.07, 6.45) is 1.43. The molecule has 1 amide bonds. The molecule has 1 aromatic rings. The number of nitrogens with two attached hydrogens (primary N) is 1. The molecular formula is C13H16N2O3. The summed E-state index contributed by atoms with van der Waals surface area (Å²) < 4.78 is 10.4. The van der Waals surface area contributed by atoms with Crippen LogP contribution >= 0.6 is 0 Å². The average molecular weight is 248 g/mol. The molecule has 5 heteroatoms. The summed E-state index contributed by atoms with van der Waals surface area (Å²) >= 11 is 0. The van der Waals surface area contributed by atoms with Crippen LogP contribution in [0.1, 0.15) is 18.4 Å². The number of nitrogens with zero attached hydrogens (tertiary/aromatic N) is 1. The second-order valence-corrected chi connectivity index (χ2v) is 4.10. The van der Waals surface area contributed by atoms with Gasteiger partial charge in [0.1, 0.15) is 6.04 Å². The van der Waals surface area contributed by atoms with E-state index >= 15 is 0 Å². The van der Waals surface area contributed by atoms with E-state index in [9.17, 15) is 4.79 Å². The Bertz CT molecular complexity index is 497. The highest BCUT2D eigenvalue weighted by Crippen LogP contribution is 2.29. The summed E-state index contributed by atoms with van der Waals surface area (Å²) in [6.45, 7) is 0. The van der Waals surface area contributed by atoms with E-state index in [1.807, 2.05) is 18.2 Å². The van der Waals surface area contributed by atoms with Gasteiger partial charge in [-0.15, -0.1) is 0 Å². The number of carbonyl (C=O) groups excluding carboxylic acids is 1. The maximum atomic E-state index is 11.1. The lowest BCUT2D eigenvalue weighted by Gasteiger charge is -2.09. The van der Waals surface area contributed by atoms with E-state index in [4.69, 9.17) is 15.2 Å². The van der Waals surface area contributed by atoms with Crippen molar-refractivity contribution in [2.24, 2.45) is 10.7 Å². The standard InChI is InChI=1S/C13H16N2O3/c1-17-11-6-3-8(7-12(11)18-2)9-4-5-10(15-9)13(14)16/h3,6-7,10H,4-5H2,1-2H3,(H2,14,16). The zero-order chi connectivity index (χ0) is 13.1. The van der Waals surface area contributed by atoms with Gasteiger partial charge in [0.2, 0.25) is 5.91 Å². The van der Waals surface area contributed by atoms with E-state index in [1.165, 1.54) is 0 Å². The van der Waals surface area contributed by atoms with Gasteiger partial charge in [0, 0.05) is 5.71 Å². The Morgan fingerprint density at radius 2 is 2.06 bits per heavy atom. The first-order valence-corrected chi connectivity index (χ1v) is 5.74. The maximum Gasteiger partial charge on any atom is 0.242 e. The Balaban J connectivity index is 2.30. The third kappa shape index (κ3) is 2.30. The molecular weight excluding hydrogens is 232 g/mol. The van der Waals surface area contributed by atoms with E-state index in [0.29, 0.717) is 17.9 Å². The summed E-state index contributed by atoms with van der Waals surface area (Å²) in [4.78, 5) is 15.4. The molecule has 1 aliphatic heterocycles. The zero-order valence-electron chi connectivity index (χ0n) is 10.5. The van der Waals surface area contributed by atoms with Gasteiger partial charge in [-0.1, -0.05) is 0 Å². The van der Waals surface area contributed by atoms with Crippen LogP contribution in [0, 0.1) is 0 Å². The summed E-state index contributed by atoms with van der Waals surface area (Å²) in [5, 5.41) is 0. The quantitative estimate of drug-likeness (QED) is 0.868. The van der Waals surface area contributed by atoms with Crippen LogP contribution in [0.5, 0.6) is 11.5 Å². The van der Waals surface area contributed by atoms with Gasteiger partial charge < -0.3 is 15.2 Å². The number of aliphatic imine (C=N–C) groups is 1. The molecule has 1 atom stereocenters. The molecule has 5 nitrogen and oxygen atoms in total. The molecule has 0 aliphatic carbocycles. The molecule has 2 N–H and O–H groups in total. The Morgan fingerprint density at radius 1 is 1.33 bits per heavy atom. The van der Waals surface area contributed by atoms with Crippen molar-refractivity contribution in [1.82, 2.24) is 0 Å². The molecule has 0 saturated heterocycles. The highest BCUT2D eigenvalue weighted by atomic mass is 16.5. The van der Waals surface area contributed by atoms with Crippen molar-refractivity contribution in [3.8, 4) is 11.5 Å². The number of rotatable bonds is 4. The third-order valence-corrected chi connectivity index (χ3v) is 3.01. The fourth-order valence-corrected chi connectivity index (χ4v) is 2.03. The van der Waals surface area contributed by atoms with Crippen LogP contribution in [-0.2, 0) is 4.79 Å². The lowest BCUT2D eigenvalue weighted by atomic mass is 10.1. The largest absolute Gasteiger partial charge is 0.493 e. The van der Waals surface area contributed by atoms with E-state index in [0.717, 1.165) is 17.7 Å². The highest BCUT2D eigenvalue weighted by Gasteiger charge is 2.23. The van der Waals surface area contributed by atoms with Gasteiger partial charge in [0.15, 0.2) is 11.5 Å². The summed E-state index contributed by atoms with van der Waals surface area (Å²) in [5.41, 5.74) is 7.08. The minimum absolute atomic E-state index is 0.370. The Morgan fingerprint density at radius 3 is 2.61 bits per heavy atom. The summed E-state index contributed by atoms with van der Waals surface area (Å²) in [5.74, 6) is 0.956. The van der Waals surface area contributed by atoms with Gasteiger partial charge >= 0.3 is 0 Å². The third-order valence-electron chi connectivity index (χ3n) is 3.01. The van der Waals surface area contributed by atoms with Crippen molar-refractivity contribution in [2.45, 2.75) is 18.9 Å². The Hall–Kier alpha value is -2.04. The molecule has 1 aliphatic rings. The Labute approximate surface area is 106 Å². The number of primary amides is 1. The minimum atomic E-state index is -0.395. The van der Waals surface area contributed by atoms with Crippen molar-refractivity contribution < 1.29 is 14.3 Å². The fraction of sp³-hybridized carbons (Fsp3) is 0.385. The van der Waals surface area contributed by atoms with E-state index < -0.39 is 6.04 Å². The van der Waals surface area contributed by atoms with Gasteiger partial charge in [0.05, 0.1) is 14.2 Å². The monoisotopic (exact) mass is 248 g/mol. The van der Waals surface area contributed by atoms with Crippen molar-refractivity contribution in [3.05, 3.63) is 23.8 Å². The number of hydrogen-bond donors (Lipinski definition) is 1. The number of amides is 1. The predicted molar refractivity (Wildman–Crippen MR) is 68.3 cm³/mol. The lowest BCUT2D eigenvalue weighted by Crippen LogP contribution is -2.24. The van der Waals surface area contributed by atoms with Crippen molar-refractivity contribution >= 4 is 11.6 Å². The molecule has 0 spiro atoms. The van der Waals surface area contributed by atoms with E-state index in [2.05, 4.69) is 4.99 Å². The fourth-order valence-electron chi connectivity index (χ4n) is 2.03. The van der Waals surface area contributed by atoms with Crippen molar-refractivity contribution in [3.63, 3.8) is 0 Å². The summed E-state index contributed by atoms with van der Waals surface area (Å²) in [7, 11) is 3.18. The minimum Gasteiger partial charge on any atom is -0.493 e. The highest BCUT2D eigenvalue weighted by molar-refractivity contribution is 6.04. The van der Waals surface area contributed by atoms with Crippen LogP contribution in [0.25, 0.3) is 0 Å². The molecule has 18 heavy (non-hydrogen) atoms. The first-order chi connectivity index (χ1) is 8.65. The van der Waals surface area contributed by atoms with E-state index in [1.54, 1.807) is 14.2 Å². The molecule has 1 heterocycles. The molecule has 0 aromatic heterocycles. The second-order valence-electron chi connectivity index (χ2n) is 4.10. The maximum absolute atomic E-state index is 11.1. The molecule has 0 bridgehead atoms. The smallest absolute Gasteiger partial charge is 0.242 e. The van der Waals surface area contributed by atoms with Crippen LogP contribution < -0.4 is 15.2 Å². The average Bonchev–Trinajstić information content (AvgIpc) is 2.87. The molecule has 0 radical (unpaired) electrons. The second kappa shape index (κ2) is 5.08. The predicted octanol–water partition coefficient (Wildman–Crippen LogP) is 1.14. The number of carbonyl (C=O) groups is 1. The van der Waals surface area contributed by atoms with E-state index in [-0.39, 0.29) is 5.91 Å². The molecule has 0 fully saturated rings. The van der Waals surface area contributed by atoms with Crippen LogP contribution in [0.3, 0.4) is 0 Å². The number of hydrogen-bond acceptors (Lipinski definition) is 4. The molecule has 1 unspecified atom stereocenters. The van der Waals surface area contributed by atoms with Gasteiger partial charge in [-0.2, -0.15) is 0 Å². The van der Waals surface area contributed by atoms with Gasteiger partial charge in [0.25, 0.3) is 0 Å². The number of benzene rings is 1. The van der Waals surface area contributed by atoms with Crippen LogP contribution in [-0.4, -0.2) is 31.9 Å². The van der Waals surface area contributed by atoms with Gasteiger partial charge in [-0.05, 0) is 36.6 Å². The molecule has 96 valence electrons. The first kappa shape index (κ1) is 12.4. The molecule has 0 saturated carbocycles. The van der Waals surface area contributed by atoms with Gasteiger partial charge in [-0.25, -0.2) is 0 Å². The normalized spacial score (nSPS) is 18.3. The van der Waals surface area contributed by atoms with Gasteiger partial charge in [-0.3, -0.25) is 9.79 Å². The SMILES string of the molecule is COc1ccc(C2=NC(C(N)=O)CC2)cc1OC.